The minimum atomic E-state index is -0.566. The van der Waals surface area contributed by atoms with Crippen molar-refractivity contribution in [3.05, 3.63) is 58.7 Å². The third-order valence-corrected chi connectivity index (χ3v) is 5.04. The van der Waals surface area contributed by atoms with Crippen LogP contribution < -0.4 is 9.47 Å². The average Bonchev–Trinajstić information content (AvgIpc) is 3.37. The van der Waals surface area contributed by atoms with Crippen LogP contribution in [0.3, 0.4) is 0 Å². The number of aryl methyl sites for hydroxylation is 2. The number of carbonyl (C=O) groups excluding carboxylic acids is 3. The van der Waals surface area contributed by atoms with Gasteiger partial charge in [-0.3, -0.25) is 14.4 Å². The maximum absolute atomic E-state index is 12.3. The van der Waals surface area contributed by atoms with Gasteiger partial charge in [-0.1, -0.05) is 12.1 Å². The highest BCUT2D eigenvalue weighted by Crippen LogP contribution is 2.32. The van der Waals surface area contributed by atoms with E-state index in [4.69, 9.17) is 14.2 Å². The van der Waals surface area contributed by atoms with Gasteiger partial charge in [0.05, 0.1) is 6.42 Å². The van der Waals surface area contributed by atoms with E-state index < -0.39 is 5.97 Å². The van der Waals surface area contributed by atoms with Gasteiger partial charge in [0, 0.05) is 17.5 Å². The number of hydrogen-bond donors (Lipinski definition) is 0. The highest BCUT2D eigenvalue weighted by molar-refractivity contribution is 5.99. The van der Waals surface area contributed by atoms with Crippen molar-refractivity contribution < 1.29 is 28.6 Å². The number of hydrogen-bond acceptors (Lipinski definition) is 6. The van der Waals surface area contributed by atoms with Crippen LogP contribution in [0, 0.1) is 0 Å². The summed E-state index contributed by atoms with van der Waals surface area (Å²) in [4.78, 5) is 36.4. The molecule has 0 saturated carbocycles. The molecular weight excluding hydrogens is 360 g/mol. The Kier molecular flexibility index (Phi) is 5.10. The zero-order valence-corrected chi connectivity index (χ0v) is 15.4. The second-order valence-corrected chi connectivity index (χ2v) is 6.91. The standard InChI is InChI=1S/C22H20O6/c23-18(16-5-4-14-2-1-3-15(14)10-16)7-9-22(25)26-12-19(24)17-6-8-20-21(11-17)28-13-27-20/h4-6,8,10-11H,1-3,7,9,12-13H2. The molecular formula is C22H20O6. The summed E-state index contributed by atoms with van der Waals surface area (Å²) in [6.45, 7) is -0.244. The Labute approximate surface area is 162 Å². The average molecular weight is 380 g/mol. The second-order valence-electron chi connectivity index (χ2n) is 6.91. The van der Waals surface area contributed by atoms with Crippen molar-refractivity contribution in [2.75, 3.05) is 13.4 Å². The van der Waals surface area contributed by atoms with E-state index in [-0.39, 0.29) is 37.8 Å². The molecule has 0 radical (unpaired) electrons. The lowest BCUT2D eigenvalue weighted by molar-refractivity contribution is -0.142. The maximum Gasteiger partial charge on any atom is 0.306 e. The number of rotatable bonds is 7. The van der Waals surface area contributed by atoms with Crippen molar-refractivity contribution in [3.8, 4) is 11.5 Å². The molecule has 0 saturated heterocycles. The number of Topliss-reactive ketones (excluding diaryl/α,β-unsaturated/α-hetero) is 2. The Hall–Kier alpha value is -3.15. The van der Waals surface area contributed by atoms with Crippen molar-refractivity contribution in [2.24, 2.45) is 0 Å². The van der Waals surface area contributed by atoms with Crippen LogP contribution in [0.5, 0.6) is 11.5 Å². The van der Waals surface area contributed by atoms with Gasteiger partial charge in [0.15, 0.2) is 29.7 Å². The van der Waals surface area contributed by atoms with Crippen molar-refractivity contribution in [1.29, 1.82) is 0 Å². The van der Waals surface area contributed by atoms with Gasteiger partial charge >= 0.3 is 5.97 Å². The van der Waals surface area contributed by atoms with Crippen LogP contribution >= 0.6 is 0 Å². The number of carbonyl (C=O) groups is 3. The SMILES string of the molecule is O=C(CCC(=O)c1ccc2c(c1)CCC2)OCC(=O)c1ccc2c(c1)OCO2. The molecule has 6 heteroatoms. The summed E-state index contributed by atoms with van der Waals surface area (Å²) < 4.78 is 15.5. The first-order chi connectivity index (χ1) is 13.6. The van der Waals surface area contributed by atoms with Crippen LogP contribution in [-0.4, -0.2) is 30.9 Å². The third-order valence-electron chi connectivity index (χ3n) is 5.04. The largest absolute Gasteiger partial charge is 0.457 e. The van der Waals surface area contributed by atoms with Gasteiger partial charge in [0.25, 0.3) is 0 Å². The van der Waals surface area contributed by atoms with Crippen LogP contribution in [0.15, 0.2) is 36.4 Å². The Morgan fingerprint density at radius 1 is 0.821 bits per heavy atom. The zero-order valence-electron chi connectivity index (χ0n) is 15.4. The molecule has 2 aliphatic rings. The predicted octanol–water partition coefficient (Wildman–Crippen LogP) is 3.29. The van der Waals surface area contributed by atoms with E-state index in [2.05, 4.69) is 0 Å². The van der Waals surface area contributed by atoms with Gasteiger partial charge in [0.1, 0.15) is 0 Å². The Balaban J connectivity index is 1.25. The topological polar surface area (TPSA) is 78.9 Å². The molecule has 2 aromatic carbocycles. The highest BCUT2D eigenvalue weighted by Gasteiger charge is 2.18. The number of ether oxygens (including phenoxy) is 3. The molecule has 0 atom stereocenters. The van der Waals surface area contributed by atoms with Crippen LogP contribution in [0.1, 0.15) is 51.1 Å². The molecule has 0 unspecified atom stereocenters. The molecule has 0 aromatic heterocycles. The van der Waals surface area contributed by atoms with E-state index in [0.717, 1.165) is 19.3 Å². The maximum atomic E-state index is 12.3. The summed E-state index contributed by atoms with van der Waals surface area (Å²) in [7, 11) is 0. The highest BCUT2D eigenvalue weighted by atomic mass is 16.7. The summed E-state index contributed by atoms with van der Waals surface area (Å²) >= 11 is 0. The number of benzene rings is 2. The van der Waals surface area contributed by atoms with Gasteiger partial charge in [-0.05, 0) is 54.7 Å². The van der Waals surface area contributed by atoms with Crippen LogP contribution in [0.2, 0.25) is 0 Å². The number of esters is 1. The Bertz CT molecular complexity index is 871. The lowest BCUT2D eigenvalue weighted by Crippen LogP contribution is -2.15. The minimum absolute atomic E-state index is 0.0513. The second kappa shape index (κ2) is 7.84. The van der Waals surface area contributed by atoms with Gasteiger partial charge in [-0.15, -0.1) is 0 Å². The lowest BCUT2D eigenvalue weighted by Gasteiger charge is -2.06. The molecule has 1 aliphatic heterocycles. The molecule has 0 bridgehead atoms. The van der Waals surface area contributed by atoms with Crippen molar-refractivity contribution in [3.63, 3.8) is 0 Å². The van der Waals surface area contributed by atoms with Gasteiger partial charge in [-0.25, -0.2) is 0 Å². The summed E-state index contributed by atoms with van der Waals surface area (Å²) in [6, 6.07) is 10.6. The number of fused-ring (bicyclic) bond motifs is 2. The zero-order chi connectivity index (χ0) is 19.5. The van der Waals surface area contributed by atoms with E-state index in [1.807, 2.05) is 18.2 Å². The van der Waals surface area contributed by atoms with Gasteiger partial charge in [-0.2, -0.15) is 0 Å². The van der Waals surface area contributed by atoms with Crippen LogP contribution in [0.4, 0.5) is 0 Å². The fourth-order valence-electron chi connectivity index (χ4n) is 3.48. The molecule has 2 aromatic rings. The molecule has 4 rings (SSSR count). The lowest BCUT2D eigenvalue weighted by atomic mass is 10.0. The fourth-order valence-corrected chi connectivity index (χ4v) is 3.48. The fraction of sp³-hybridized carbons (Fsp3) is 0.318. The molecule has 1 heterocycles. The summed E-state index contributed by atoms with van der Waals surface area (Å²) in [6.07, 6.45) is 3.20. The van der Waals surface area contributed by atoms with E-state index in [9.17, 15) is 14.4 Å². The van der Waals surface area contributed by atoms with Crippen LogP contribution in [-0.2, 0) is 22.4 Å². The summed E-state index contributed by atoms with van der Waals surface area (Å²) in [5.41, 5.74) is 3.54. The molecule has 0 fully saturated rings. The molecule has 0 spiro atoms. The van der Waals surface area contributed by atoms with E-state index >= 15 is 0 Å². The van der Waals surface area contributed by atoms with E-state index in [1.165, 1.54) is 11.1 Å². The van der Waals surface area contributed by atoms with E-state index in [1.54, 1.807) is 18.2 Å². The first-order valence-corrected chi connectivity index (χ1v) is 9.33. The smallest absolute Gasteiger partial charge is 0.306 e. The van der Waals surface area contributed by atoms with Crippen LogP contribution in [0.25, 0.3) is 0 Å². The van der Waals surface area contributed by atoms with Gasteiger partial charge < -0.3 is 14.2 Å². The monoisotopic (exact) mass is 380 g/mol. The molecule has 28 heavy (non-hydrogen) atoms. The normalized spacial score (nSPS) is 13.9. The van der Waals surface area contributed by atoms with Crippen molar-refractivity contribution in [2.45, 2.75) is 32.1 Å². The predicted molar refractivity (Wildman–Crippen MR) is 99.9 cm³/mol. The van der Waals surface area contributed by atoms with E-state index in [0.29, 0.717) is 22.6 Å². The Morgan fingerprint density at radius 3 is 2.46 bits per heavy atom. The molecule has 1 aliphatic carbocycles. The first kappa shape index (κ1) is 18.2. The quantitative estimate of drug-likeness (QED) is 0.542. The summed E-state index contributed by atoms with van der Waals surface area (Å²) in [5, 5.41) is 0. The molecule has 0 amide bonds. The molecule has 6 nitrogen and oxygen atoms in total. The molecule has 0 N–H and O–H groups in total. The first-order valence-electron chi connectivity index (χ1n) is 9.33. The summed E-state index contributed by atoms with van der Waals surface area (Å²) in [5.74, 6) is 0.0877. The van der Waals surface area contributed by atoms with Gasteiger partial charge in [0.2, 0.25) is 6.79 Å². The number of ketones is 2. The minimum Gasteiger partial charge on any atom is -0.457 e. The van der Waals surface area contributed by atoms with Crippen molar-refractivity contribution in [1.82, 2.24) is 0 Å². The Morgan fingerprint density at radius 2 is 1.57 bits per heavy atom. The molecule has 144 valence electrons. The third kappa shape index (κ3) is 3.91. The van der Waals surface area contributed by atoms with Crippen molar-refractivity contribution >= 4 is 17.5 Å².